The van der Waals surface area contributed by atoms with Gasteiger partial charge in [-0.15, -0.1) is 0 Å². The van der Waals surface area contributed by atoms with Crippen molar-refractivity contribution in [2.24, 2.45) is 0 Å². The number of hydrogen-bond donors (Lipinski definition) is 3. The van der Waals surface area contributed by atoms with Crippen LogP contribution in [-0.2, 0) is 17.5 Å². The van der Waals surface area contributed by atoms with Crippen molar-refractivity contribution in [1.82, 2.24) is 10.3 Å². The van der Waals surface area contributed by atoms with Gasteiger partial charge in [-0.25, -0.2) is 4.98 Å². The fraction of sp³-hybridized carbons (Fsp3) is 0.400. The third-order valence-corrected chi connectivity index (χ3v) is 6.30. The van der Waals surface area contributed by atoms with E-state index in [1.807, 2.05) is 18.2 Å². The quantitative estimate of drug-likeness (QED) is 0.223. The molecule has 3 rings (SSSR count). The second-order valence-corrected chi connectivity index (χ2v) is 9.88. The molecule has 0 amide bonds. The van der Waals surface area contributed by atoms with Crippen LogP contribution in [0.25, 0.3) is 22.6 Å². The van der Waals surface area contributed by atoms with Gasteiger partial charge in [0.2, 0.25) is 0 Å². The number of aryl methyl sites for hydroxylation is 1. The van der Waals surface area contributed by atoms with Gasteiger partial charge in [0.25, 0.3) is 0 Å². The lowest BCUT2D eigenvalue weighted by Crippen LogP contribution is -2.16. The zero-order valence-electron chi connectivity index (χ0n) is 18.7. The smallest absolute Gasteiger partial charge is 0.325 e. The number of hydrogen-bond acceptors (Lipinski definition) is 4. The van der Waals surface area contributed by atoms with Gasteiger partial charge in [0.05, 0.1) is 18.1 Å². The van der Waals surface area contributed by atoms with Crippen molar-refractivity contribution in [2.45, 2.75) is 52.0 Å². The molecule has 0 saturated carbocycles. The highest BCUT2D eigenvalue weighted by atomic mass is 31.2. The summed E-state index contributed by atoms with van der Waals surface area (Å²) in [7, 11) is -3.94. The molecule has 3 aromatic rings. The minimum atomic E-state index is -3.94. The van der Waals surface area contributed by atoms with Gasteiger partial charge in [-0.05, 0) is 55.1 Å². The highest BCUT2D eigenvalue weighted by molar-refractivity contribution is 7.51. The third kappa shape index (κ3) is 7.72. The molecule has 0 saturated heterocycles. The molecular weight excluding hydrogens is 423 g/mol. The average Bonchev–Trinajstić information content (AvgIpc) is 3.31. The van der Waals surface area contributed by atoms with Gasteiger partial charge in [0.1, 0.15) is 5.69 Å². The summed E-state index contributed by atoms with van der Waals surface area (Å²) >= 11 is 0. The van der Waals surface area contributed by atoms with Crippen molar-refractivity contribution in [3.05, 3.63) is 66.1 Å². The van der Waals surface area contributed by atoms with Crippen LogP contribution in [0.1, 0.15) is 50.3 Å². The second-order valence-electron chi connectivity index (χ2n) is 8.10. The lowest BCUT2D eigenvalue weighted by Gasteiger charge is -2.11. The van der Waals surface area contributed by atoms with E-state index in [1.165, 1.54) is 31.2 Å². The van der Waals surface area contributed by atoms with E-state index in [4.69, 9.17) is 19.2 Å². The number of unbranched alkanes of at least 4 members (excludes halogenated alkanes) is 3. The number of pyridine rings is 1. The Hall–Kier alpha value is -2.24. The SMILES string of the molecule is CCCCCCc1ccc(-c2ccc(CNCCCP(=O)(O)O)nc2-c2ccco2)cc1. The fourth-order valence-electron chi connectivity index (χ4n) is 3.67. The van der Waals surface area contributed by atoms with Crippen LogP contribution in [0.5, 0.6) is 0 Å². The Labute approximate surface area is 190 Å². The first-order chi connectivity index (χ1) is 15.5. The standard InChI is InChI=1S/C25H33N2O4P/c1-2-3-4-5-8-20-10-12-21(13-11-20)23-15-14-22(19-26-16-7-18-32(28,29)30)27-25(23)24-9-6-17-31-24/h6,9-15,17,26H,2-5,7-8,16,18-19H2,1H3,(H2,28,29,30). The maximum Gasteiger partial charge on any atom is 0.325 e. The van der Waals surface area contributed by atoms with E-state index in [0.29, 0.717) is 25.3 Å². The van der Waals surface area contributed by atoms with Gasteiger partial charge in [-0.1, -0.05) is 56.5 Å². The van der Waals surface area contributed by atoms with Crippen LogP contribution < -0.4 is 5.32 Å². The number of aromatic nitrogens is 1. The summed E-state index contributed by atoms with van der Waals surface area (Å²) in [6.07, 6.45) is 8.10. The normalized spacial score (nSPS) is 11.7. The van der Waals surface area contributed by atoms with Crippen LogP contribution in [-0.4, -0.2) is 27.5 Å². The van der Waals surface area contributed by atoms with Gasteiger partial charge >= 0.3 is 7.60 Å². The number of nitrogens with zero attached hydrogens (tertiary/aromatic N) is 1. The summed E-state index contributed by atoms with van der Waals surface area (Å²) in [5.41, 5.74) is 5.11. The zero-order valence-corrected chi connectivity index (χ0v) is 19.6. The summed E-state index contributed by atoms with van der Waals surface area (Å²) in [6, 6.07) is 16.5. The summed E-state index contributed by atoms with van der Waals surface area (Å²) in [5, 5.41) is 3.21. The molecule has 3 N–H and O–H groups in total. The van der Waals surface area contributed by atoms with Gasteiger partial charge in [-0.2, -0.15) is 0 Å². The highest BCUT2D eigenvalue weighted by Crippen LogP contribution is 2.34. The number of furan rings is 1. The molecule has 0 aliphatic carbocycles. The summed E-state index contributed by atoms with van der Waals surface area (Å²) in [5.74, 6) is 0.715. The van der Waals surface area contributed by atoms with E-state index in [-0.39, 0.29) is 6.16 Å². The predicted molar refractivity (Wildman–Crippen MR) is 128 cm³/mol. The molecule has 2 aromatic heterocycles. The third-order valence-electron chi connectivity index (χ3n) is 5.40. The van der Waals surface area contributed by atoms with Crippen molar-refractivity contribution in [3.8, 4) is 22.6 Å². The lowest BCUT2D eigenvalue weighted by molar-refractivity contribution is 0.371. The Morgan fingerprint density at radius 1 is 1.00 bits per heavy atom. The van der Waals surface area contributed by atoms with Crippen molar-refractivity contribution in [3.63, 3.8) is 0 Å². The van der Waals surface area contributed by atoms with Gasteiger partial charge in [0.15, 0.2) is 5.76 Å². The van der Waals surface area contributed by atoms with E-state index < -0.39 is 7.60 Å². The Kier molecular flexibility index (Phi) is 9.24. The summed E-state index contributed by atoms with van der Waals surface area (Å²) < 4.78 is 16.6. The average molecular weight is 457 g/mol. The number of nitrogens with one attached hydrogen (secondary N) is 1. The number of benzene rings is 1. The van der Waals surface area contributed by atoms with E-state index >= 15 is 0 Å². The van der Waals surface area contributed by atoms with Crippen LogP contribution >= 0.6 is 7.60 Å². The monoisotopic (exact) mass is 456 g/mol. The fourth-order valence-corrected chi connectivity index (χ4v) is 4.24. The first-order valence-corrected chi connectivity index (χ1v) is 13.1. The zero-order chi connectivity index (χ0) is 22.8. The Morgan fingerprint density at radius 3 is 2.50 bits per heavy atom. The molecule has 32 heavy (non-hydrogen) atoms. The first-order valence-electron chi connectivity index (χ1n) is 11.3. The van der Waals surface area contributed by atoms with Crippen molar-refractivity contribution in [1.29, 1.82) is 0 Å². The van der Waals surface area contributed by atoms with E-state index in [1.54, 1.807) is 6.26 Å². The lowest BCUT2D eigenvalue weighted by atomic mass is 9.99. The van der Waals surface area contributed by atoms with Gasteiger partial charge in [0, 0.05) is 12.1 Å². The molecule has 0 spiro atoms. The van der Waals surface area contributed by atoms with Gasteiger partial charge < -0.3 is 19.5 Å². The molecule has 1 aromatic carbocycles. The maximum absolute atomic E-state index is 11.0. The molecule has 2 heterocycles. The van der Waals surface area contributed by atoms with E-state index in [2.05, 4.69) is 42.6 Å². The molecule has 0 radical (unpaired) electrons. The minimum Gasteiger partial charge on any atom is -0.463 e. The van der Waals surface area contributed by atoms with Crippen LogP contribution in [0.4, 0.5) is 0 Å². The summed E-state index contributed by atoms with van der Waals surface area (Å²) in [4.78, 5) is 22.7. The van der Waals surface area contributed by atoms with E-state index in [9.17, 15) is 4.57 Å². The molecule has 0 aliphatic rings. The Bertz CT molecular complexity index is 997. The van der Waals surface area contributed by atoms with Crippen molar-refractivity contribution >= 4 is 7.60 Å². The van der Waals surface area contributed by atoms with Crippen LogP contribution in [0, 0.1) is 0 Å². The largest absolute Gasteiger partial charge is 0.463 e. The molecular formula is C25H33N2O4P. The van der Waals surface area contributed by atoms with Crippen molar-refractivity contribution < 1.29 is 18.8 Å². The molecule has 0 fully saturated rings. The molecule has 7 heteroatoms. The van der Waals surface area contributed by atoms with Crippen molar-refractivity contribution in [2.75, 3.05) is 12.7 Å². The number of rotatable bonds is 13. The topological polar surface area (TPSA) is 95.6 Å². The predicted octanol–water partition coefficient (Wildman–Crippen LogP) is 5.79. The van der Waals surface area contributed by atoms with Gasteiger partial charge in [-0.3, -0.25) is 4.57 Å². The molecule has 6 nitrogen and oxygen atoms in total. The maximum atomic E-state index is 11.0. The Balaban J connectivity index is 1.70. The summed E-state index contributed by atoms with van der Waals surface area (Å²) in [6.45, 7) is 3.27. The highest BCUT2D eigenvalue weighted by Gasteiger charge is 2.14. The molecule has 0 atom stereocenters. The molecule has 0 aliphatic heterocycles. The van der Waals surface area contributed by atoms with Crippen LogP contribution in [0.2, 0.25) is 0 Å². The molecule has 0 bridgehead atoms. The molecule has 172 valence electrons. The second kappa shape index (κ2) is 12.1. The Morgan fingerprint density at radius 2 is 1.81 bits per heavy atom. The minimum absolute atomic E-state index is 0.112. The van der Waals surface area contributed by atoms with Crippen LogP contribution in [0.3, 0.4) is 0 Å². The first kappa shape index (κ1) is 24.4. The van der Waals surface area contributed by atoms with E-state index in [0.717, 1.165) is 28.9 Å². The molecule has 0 unspecified atom stereocenters. The van der Waals surface area contributed by atoms with Crippen LogP contribution in [0.15, 0.2) is 59.2 Å².